The number of anilines is 1. The van der Waals surface area contributed by atoms with Crippen LogP contribution in [0.2, 0.25) is 5.02 Å². The van der Waals surface area contributed by atoms with E-state index in [0.29, 0.717) is 47.3 Å². The number of nitrogens with one attached hydrogen (secondary N) is 1. The van der Waals surface area contributed by atoms with Crippen LogP contribution in [-0.4, -0.2) is 40.0 Å². The molecule has 7 nitrogen and oxygen atoms in total. The Kier molecular flexibility index (Phi) is 4.79. The molecule has 2 aromatic carbocycles. The quantitative estimate of drug-likeness (QED) is 0.449. The topological polar surface area (TPSA) is 79.7 Å². The number of imidazole rings is 1. The number of hydrogen-bond acceptors (Lipinski definition) is 4. The average molecular weight is 489 g/mol. The average Bonchev–Trinajstić information content (AvgIpc) is 3.48. The first-order valence-electron chi connectivity index (χ1n) is 12.3. The molecular formula is C27H25ClN4O3. The van der Waals surface area contributed by atoms with E-state index < -0.39 is 0 Å². The van der Waals surface area contributed by atoms with Gasteiger partial charge in [0.2, 0.25) is 0 Å². The molecule has 1 saturated carbocycles. The maximum absolute atomic E-state index is 13.9. The van der Waals surface area contributed by atoms with E-state index in [1.54, 1.807) is 6.20 Å². The predicted molar refractivity (Wildman–Crippen MR) is 135 cm³/mol. The Bertz CT molecular complexity index is 1560. The summed E-state index contributed by atoms with van der Waals surface area (Å²) in [5, 5.41) is 0.685. The molecule has 4 aromatic rings. The Labute approximate surface area is 206 Å². The zero-order chi connectivity index (χ0) is 23.7. The summed E-state index contributed by atoms with van der Waals surface area (Å²) in [6.07, 6.45) is 6.37. The maximum Gasteiger partial charge on any atom is 0.274 e. The summed E-state index contributed by atoms with van der Waals surface area (Å²) in [6.45, 7) is 2.03. The fourth-order valence-electron chi connectivity index (χ4n) is 5.74. The van der Waals surface area contributed by atoms with Gasteiger partial charge in [-0.2, -0.15) is 0 Å². The number of benzene rings is 2. The number of carbonyl (C=O) groups excluding carboxylic acids is 1. The van der Waals surface area contributed by atoms with E-state index in [-0.39, 0.29) is 17.4 Å². The number of hydrogen-bond donors (Lipinski definition) is 1. The minimum Gasteiger partial charge on any atom is -0.381 e. The molecule has 3 aliphatic rings. The van der Waals surface area contributed by atoms with Gasteiger partial charge in [-0.25, -0.2) is 4.98 Å². The molecule has 2 aliphatic heterocycles. The van der Waals surface area contributed by atoms with E-state index in [1.165, 1.54) is 0 Å². The molecule has 1 saturated heterocycles. The number of fused-ring (bicyclic) bond motifs is 4. The summed E-state index contributed by atoms with van der Waals surface area (Å²) in [5.41, 5.74) is 5.67. The number of aromatic nitrogens is 3. The Hall–Kier alpha value is -3.16. The largest absolute Gasteiger partial charge is 0.381 e. The number of ether oxygens (including phenoxy) is 1. The minimum absolute atomic E-state index is 0.0221. The summed E-state index contributed by atoms with van der Waals surface area (Å²) < 4.78 is 7.56. The monoisotopic (exact) mass is 488 g/mol. The second-order valence-corrected chi connectivity index (χ2v) is 10.3. The van der Waals surface area contributed by atoms with Crippen molar-refractivity contribution in [1.82, 2.24) is 14.4 Å². The van der Waals surface area contributed by atoms with Crippen LogP contribution in [0.4, 0.5) is 5.69 Å². The van der Waals surface area contributed by atoms with Crippen LogP contribution in [-0.2, 0) is 11.2 Å². The zero-order valence-corrected chi connectivity index (χ0v) is 20.0. The first-order valence-corrected chi connectivity index (χ1v) is 12.7. The smallest absolute Gasteiger partial charge is 0.274 e. The molecule has 8 heteroatoms. The van der Waals surface area contributed by atoms with Crippen LogP contribution >= 0.6 is 11.6 Å². The summed E-state index contributed by atoms with van der Waals surface area (Å²) in [7, 11) is 0. The van der Waals surface area contributed by atoms with Crippen molar-refractivity contribution >= 4 is 39.7 Å². The van der Waals surface area contributed by atoms with Gasteiger partial charge in [0.1, 0.15) is 11.3 Å². The van der Waals surface area contributed by atoms with E-state index in [4.69, 9.17) is 16.3 Å². The normalized spacial score (nSPS) is 18.5. The van der Waals surface area contributed by atoms with Crippen LogP contribution in [0.15, 0.2) is 41.3 Å². The first kappa shape index (κ1) is 21.1. The van der Waals surface area contributed by atoms with E-state index in [1.807, 2.05) is 33.6 Å². The van der Waals surface area contributed by atoms with Crippen molar-refractivity contribution in [2.45, 2.75) is 43.9 Å². The predicted octanol–water partition coefficient (Wildman–Crippen LogP) is 4.80. The van der Waals surface area contributed by atoms with Crippen molar-refractivity contribution in [2.75, 3.05) is 24.7 Å². The Morgan fingerprint density at radius 1 is 1.06 bits per heavy atom. The number of H-pyrrole nitrogens is 1. The number of aromatic amines is 1. The molecule has 0 atom stereocenters. The minimum atomic E-state index is -0.193. The summed E-state index contributed by atoms with van der Waals surface area (Å²) in [4.78, 5) is 36.4. The number of rotatable bonds is 3. The van der Waals surface area contributed by atoms with Crippen LogP contribution < -0.4 is 10.5 Å². The van der Waals surface area contributed by atoms with Gasteiger partial charge in [-0.05, 0) is 79.5 Å². The third kappa shape index (κ3) is 3.40. The van der Waals surface area contributed by atoms with E-state index in [2.05, 4.69) is 16.0 Å². The molecule has 7 rings (SSSR count). The Morgan fingerprint density at radius 2 is 1.89 bits per heavy atom. The van der Waals surface area contributed by atoms with E-state index in [9.17, 15) is 9.59 Å². The van der Waals surface area contributed by atoms with Crippen molar-refractivity contribution in [2.24, 2.45) is 0 Å². The van der Waals surface area contributed by atoms with Crippen LogP contribution in [0.1, 0.15) is 64.8 Å². The first-order chi connectivity index (χ1) is 17.1. The molecule has 2 fully saturated rings. The fourth-order valence-corrected chi connectivity index (χ4v) is 5.94. The SMILES string of the molecule is O=C(c1cc2[nH]c(=O)c3cnc(C4CCOCC4)n3c2cc1C1CC1)N1CCc2cc(Cl)ccc21. The van der Waals surface area contributed by atoms with Gasteiger partial charge in [-0.15, -0.1) is 0 Å². The van der Waals surface area contributed by atoms with Gasteiger partial charge in [-0.1, -0.05) is 11.6 Å². The molecule has 0 spiro atoms. The zero-order valence-electron chi connectivity index (χ0n) is 19.2. The van der Waals surface area contributed by atoms with Crippen molar-refractivity contribution in [3.8, 4) is 0 Å². The van der Waals surface area contributed by atoms with Gasteiger partial charge in [0.15, 0.2) is 0 Å². The fraction of sp³-hybridized carbons (Fsp3) is 0.370. The number of nitrogens with zero attached hydrogens (tertiary/aromatic N) is 3. The molecular weight excluding hydrogens is 464 g/mol. The second kappa shape index (κ2) is 7.93. The lowest BCUT2D eigenvalue weighted by molar-refractivity contribution is 0.0835. The maximum atomic E-state index is 13.9. The lowest BCUT2D eigenvalue weighted by atomic mass is 9.98. The van der Waals surface area contributed by atoms with Gasteiger partial charge in [-0.3, -0.25) is 14.0 Å². The molecule has 0 unspecified atom stereocenters. The Morgan fingerprint density at radius 3 is 2.69 bits per heavy atom. The van der Waals surface area contributed by atoms with Crippen molar-refractivity contribution < 1.29 is 9.53 Å². The van der Waals surface area contributed by atoms with Crippen LogP contribution in [0, 0.1) is 0 Å². The lowest BCUT2D eigenvalue weighted by Gasteiger charge is -2.22. The molecule has 0 bridgehead atoms. The third-order valence-electron chi connectivity index (χ3n) is 7.69. The molecule has 2 aromatic heterocycles. The highest BCUT2D eigenvalue weighted by Gasteiger charge is 2.33. The molecule has 1 amide bonds. The highest BCUT2D eigenvalue weighted by atomic mass is 35.5. The van der Waals surface area contributed by atoms with Crippen molar-refractivity contribution in [3.05, 3.63) is 74.4 Å². The third-order valence-corrected chi connectivity index (χ3v) is 7.93. The molecule has 35 heavy (non-hydrogen) atoms. The van der Waals surface area contributed by atoms with E-state index >= 15 is 0 Å². The van der Waals surface area contributed by atoms with Crippen molar-refractivity contribution in [3.63, 3.8) is 0 Å². The van der Waals surface area contributed by atoms with Gasteiger partial charge in [0, 0.05) is 41.9 Å². The van der Waals surface area contributed by atoms with Crippen molar-refractivity contribution in [1.29, 1.82) is 0 Å². The Balaban J connectivity index is 1.40. The van der Waals surface area contributed by atoms with Crippen LogP contribution in [0.3, 0.4) is 0 Å². The standard InChI is InChI=1S/C27H25ClN4O3/c28-18-3-4-22-17(11-18)5-8-31(22)27(34)20-12-21-23(13-19(20)15-1-2-15)32-24(26(33)30-21)14-29-25(32)16-6-9-35-10-7-16/h3-4,11-16H,1-2,5-10H2,(H,30,33). The lowest BCUT2D eigenvalue weighted by Crippen LogP contribution is -2.30. The molecule has 1 aliphatic carbocycles. The van der Waals surface area contributed by atoms with Gasteiger partial charge >= 0.3 is 0 Å². The summed E-state index contributed by atoms with van der Waals surface area (Å²) >= 11 is 6.18. The van der Waals surface area contributed by atoms with E-state index in [0.717, 1.165) is 60.3 Å². The molecule has 4 heterocycles. The van der Waals surface area contributed by atoms with Crippen LogP contribution in [0.5, 0.6) is 0 Å². The summed E-state index contributed by atoms with van der Waals surface area (Å²) in [6, 6.07) is 9.70. The highest BCUT2D eigenvalue weighted by Crippen LogP contribution is 2.44. The number of amides is 1. The van der Waals surface area contributed by atoms with Gasteiger partial charge in [0.05, 0.1) is 17.2 Å². The summed E-state index contributed by atoms with van der Waals surface area (Å²) in [5.74, 6) is 1.49. The molecule has 0 radical (unpaired) electrons. The number of carbonyl (C=O) groups is 1. The number of halogens is 1. The highest BCUT2D eigenvalue weighted by molar-refractivity contribution is 6.30. The van der Waals surface area contributed by atoms with Crippen LogP contribution in [0.25, 0.3) is 16.6 Å². The second-order valence-electron chi connectivity index (χ2n) is 9.89. The van der Waals surface area contributed by atoms with Gasteiger partial charge < -0.3 is 14.6 Å². The molecule has 178 valence electrons. The van der Waals surface area contributed by atoms with Gasteiger partial charge in [0.25, 0.3) is 11.5 Å². The molecule has 1 N–H and O–H groups in total.